The second kappa shape index (κ2) is 8.95. The maximum absolute atomic E-state index is 5.77. The van der Waals surface area contributed by atoms with Gasteiger partial charge in [-0.25, -0.2) is 0 Å². The first-order valence-corrected chi connectivity index (χ1v) is 9.51. The van der Waals surface area contributed by atoms with Gasteiger partial charge in [0.1, 0.15) is 5.75 Å². The lowest BCUT2D eigenvalue weighted by molar-refractivity contribution is 0.246. The minimum Gasteiger partial charge on any atom is -0.497 e. The third-order valence-electron chi connectivity index (χ3n) is 4.86. The molecule has 0 radical (unpaired) electrons. The van der Waals surface area contributed by atoms with Crippen LogP contribution < -0.4 is 14.2 Å². The van der Waals surface area contributed by atoms with E-state index < -0.39 is 0 Å². The Bertz CT molecular complexity index is 699. The molecule has 1 aliphatic heterocycles. The van der Waals surface area contributed by atoms with Gasteiger partial charge < -0.3 is 14.2 Å². The second-order valence-electron chi connectivity index (χ2n) is 6.55. The zero-order valence-electron chi connectivity index (χ0n) is 16.0. The van der Waals surface area contributed by atoms with E-state index in [1.165, 1.54) is 24.0 Å². The van der Waals surface area contributed by atoms with Crippen LogP contribution in [0.4, 0.5) is 0 Å². The molecule has 1 heterocycles. The van der Waals surface area contributed by atoms with Crippen molar-refractivity contribution in [1.82, 2.24) is 4.90 Å². The maximum Gasteiger partial charge on any atom is 0.161 e. The van der Waals surface area contributed by atoms with Crippen LogP contribution in [0.2, 0.25) is 0 Å². The molecule has 26 heavy (non-hydrogen) atoms. The first kappa shape index (κ1) is 18.6. The highest BCUT2D eigenvalue weighted by molar-refractivity contribution is 5.43. The number of methoxy groups -OCH3 is 1. The van der Waals surface area contributed by atoms with E-state index >= 15 is 0 Å². The van der Waals surface area contributed by atoms with Crippen molar-refractivity contribution in [3.8, 4) is 17.2 Å². The van der Waals surface area contributed by atoms with Crippen LogP contribution in [0, 0.1) is 0 Å². The van der Waals surface area contributed by atoms with E-state index in [1.54, 1.807) is 7.11 Å². The Hall–Kier alpha value is -2.20. The van der Waals surface area contributed by atoms with Gasteiger partial charge in [-0.3, -0.25) is 4.90 Å². The van der Waals surface area contributed by atoms with Crippen molar-refractivity contribution < 1.29 is 14.2 Å². The Morgan fingerprint density at radius 3 is 2.38 bits per heavy atom. The average Bonchev–Trinajstić information content (AvgIpc) is 3.12. The smallest absolute Gasteiger partial charge is 0.161 e. The fourth-order valence-electron chi connectivity index (χ4n) is 3.65. The highest BCUT2D eigenvalue weighted by Crippen LogP contribution is 2.35. The van der Waals surface area contributed by atoms with Crippen LogP contribution in [0.5, 0.6) is 17.2 Å². The fraction of sp³-hybridized carbons (Fsp3) is 0.455. The van der Waals surface area contributed by atoms with Crippen molar-refractivity contribution in [3.05, 3.63) is 53.6 Å². The second-order valence-corrected chi connectivity index (χ2v) is 6.55. The molecule has 0 aliphatic carbocycles. The quantitative estimate of drug-likeness (QED) is 0.679. The van der Waals surface area contributed by atoms with Gasteiger partial charge in [0.05, 0.1) is 20.3 Å². The van der Waals surface area contributed by atoms with E-state index in [-0.39, 0.29) is 0 Å². The van der Waals surface area contributed by atoms with E-state index in [4.69, 9.17) is 14.2 Å². The Kier molecular flexibility index (Phi) is 6.40. The summed E-state index contributed by atoms with van der Waals surface area (Å²) in [5, 5.41) is 0. The molecular formula is C22H29NO3. The van der Waals surface area contributed by atoms with Crippen LogP contribution in [-0.2, 0) is 6.54 Å². The number of likely N-dealkylation sites (tertiary alicyclic amines) is 1. The summed E-state index contributed by atoms with van der Waals surface area (Å²) in [6.45, 7) is 7.32. The van der Waals surface area contributed by atoms with Crippen molar-refractivity contribution in [2.24, 2.45) is 0 Å². The minimum atomic E-state index is 0.461. The van der Waals surface area contributed by atoms with E-state index in [2.05, 4.69) is 41.3 Å². The standard InChI is InChI=1S/C22H29NO3/c1-4-25-21-13-8-17(15-22(21)26-5-2)16-23-14-6-7-20(23)18-9-11-19(24-3)12-10-18/h8-13,15,20H,4-7,14,16H2,1-3H3/t20-/m0/s1. The van der Waals surface area contributed by atoms with Gasteiger partial charge in [-0.1, -0.05) is 18.2 Å². The van der Waals surface area contributed by atoms with Crippen LogP contribution in [0.3, 0.4) is 0 Å². The highest BCUT2D eigenvalue weighted by Gasteiger charge is 2.26. The van der Waals surface area contributed by atoms with Crippen molar-refractivity contribution in [1.29, 1.82) is 0 Å². The van der Waals surface area contributed by atoms with Crippen LogP contribution in [0.1, 0.15) is 43.9 Å². The monoisotopic (exact) mass is 355 g/mol. The lowest BCUT2D eigenvalue weighted by atomic mass is 10.0. The van der Waals surface area contributed by atoms with Crippen LogP contribution in [0.25, 0.3) is 0 Å². The molecule has 0 unspecified atom stereocenters. The van der Waals surface area contributed by atoms with Crippen LogP contribution in [0.15, 0.2) is 42.5 Å². The molecule has 0 spiro atoms. The summed E-state index contributed by atoms with van der Waals surface area (Å²) in [6.07, 6.45) is 2.42. The Morgan fingerprint density at radius 2 is 1.69 bits per heavy atom. The minimum absolute atomic E-state index is 0.461. The van der Waals surface area contributed by atoms with Crippen LogP contribution in [-0.4, -0.2) is 31.8 Å². The summed E-state index contributed by atoms with van der Waals surface area (Å²) < 4.78 is 16.7. The topological polar surface area (TPSA) is 30.9 Å². The van der Waals surface area contributed by atoms with Crippen molar-refractivity contribution in [2.45, 2.75) is 39.3 Å². The summed E-state index contributed by atoms with van der Waals surface area (Å²) in [7, 11) is 1.71. The summed E-state index contributed by atoms with van der Waals surface area (Å²) in [5.74, 6) is 2.57. The Morgan fingerprint density at radius 1 is 0.962 bits per heavy atom. The highest BCUT2D eigenvalue weighted by atomic mass is 16.5. The number of hydrogen-bond donors (Lipinski definition) is 0. The van der Waals surface area contributed by atoms with Gasteiger partial charge in [-0.2, -0.15) is 0 Å². The fourth-order valence-corrected chi connectivity index (χ4v) is 3.65. The SMILES string of the molecule is CCOc1ccc(CN2CCC[C@H]2c2ccc(OC)cc2)cc1OCC. The molecule has 0 N–H and O–H groups in total. The zero-order chi connectivity index (χ0) is 18.4. The van der Waals surface area contributed by atoms with E-state index in [1.807, 2.05) is 19.9 Å². The lowest BCUT2D eigenvalue weighted by Gasteiger charge is -2.25. The van der Waals surface area contributed by atoms with Gasteiger partial charge in [0, 0.05) is 12.6 Å². The number of ether oxygens (including phenoxy) is 3. The first-order valence-electron chi connectivity index (χ1n) is 9.51. The molecule has 0 bridgehead atoms. The zero-order valence-corrected chi connectivity index (χ0v) is 16.0. The molecule has 4 heteroatoms. The molecule has 1 fully saturated rings. The summed E-state index contributed by atoms with van der Waals surface area (Å²) in [6, 6.07) is 15.2. The maximum atomic E-state index is 5.77. The van der Waals surface area contributed by atoms with Gasteiger partial charge in [0.15, 0.2) is 11.5 Å². The summed E-state index contributed by atoms with van der Waals surface area (Å²) in [5.41, 5.74) is 2.62. The molecular weight excluding hydrogens is 326 g/mol. The van der Waals surface area contributed by atoms with Gasteiger partial charge in [-0.05, 0) is 68.6 Å². The molecule has 140 valence electrons. The summed E-state index contributed by atoms with van der Waals surface area (Å²) in [4.78, 5) is 2.55. The normalized spacial score (nSPS) is 17.3. The number of benzene rings is 2. The predicted molar refractivity (Wildman–Crippen MR) is 104 cm³/mol. The number of rotatable bonds is 8. The van der Waals surface area contributed by atoms with Crippen LogP contribution >= 0.6 is 0 Å². The predicted octanol–water partition coefficient (Wildman–Crippen LogP) is 4.83. The third kappa shape index (κ3) is 4.31. The van der Waals surface area contributed by atoms with E-state index in [9.17, 15) is 0 Å². The van der Waals surface area contributed by atoms with Gasteiger partial charge >= 0.3 is 0 Å². The molecule has 1 aliphatic rings. The molecule has 4 nitrogen and oxygen atoms in total. The van der Waals surface area contributed by atoms with Gasteiger partial charge in [0.2, 0.25) is 0 Å². The van der Waals surface area contributed by atoms with Crippen molar-refractivity contribution in [2.75, 3.05) is 26.9 Å². The molecule has 2 aromatic rings. The van der Waals surface area contributed by atoms with Crippen molar-refractivity contribution in [3.63, 3.8) is 0 Å². The van der Waals surface area contributed by atoms with Gasteiger partial charge in [0.25, 0.3) is 0 Å². The molecule has 1 atom stereocenters. The largest absolute Gasteiger partial charge is 0.497 e. The number of nitrogens with zero attached hydrogens (tertiary/aromatic N) is 1. The lowest BCUT2D eigenvalue weighted by Crippen LogP contribution is -2.22. The molecule has 0 aromatic heterocycles. The average molecular weight is 355 g/mol. The van der Waals surface area contributed by atoms with Gasteiger partial charge in [-0.15, -0.1) is 0 Å². The van der Waals surface area contributed by atoms with E-state index in [0.717, 1.165) is 30.3 Å². The molecule has 3 rings (SSSR count). The van der Waals surface area contributed by atoms with E-state index in [0.29, 0.717) is 19.3 Å². The molecule has 0 saturated carbocycles. The molecule has 2 aromatic carbocycles. The third-order valence-corrected chi connectivity index (χ3v) is 4.86. The first-order chi connectivity index (χ1) is 12.7. The van der Waals surface area contributed by atoms with Crippen molar-refractivity contribution >= 4 is 0 Å². The molecule has 0 amide bonds. The Balaban J connectivity index is 1.75. The summed E-state index contributed by atoms with van der Waals surface area (Å²) >= 11 is 0. The molecule has 1 saturated heterocycles. The Labute approximate surface area is 156 Å². The number of hydrogen-bond acceptors (Lipinski definition) is 4.